The van der Waals surface area contributed by atoms with Crippen LogP contribution in [0.15, 0.2) is 24.3 Å². The molecule has 1 saturated heterocycles. The molecular formula is C22H29N3O3. The molecule has 150 valence electrons. The molecule has 0 bridgehead atoms. The summed E-state index contributed by atoms with van der Waals surface area (Å²) in [6, 6.07) is 8.29. The number of pyridine rings is 2. The summed E-state index contributed by atoms with van der Waals surface area (Å²) in [6.07, 6.45) is 2.37. The van der Waals surface area contributed by atoms with Crippen LogP contribution in [0.25, 0.3) is 0 Å². The van der Waals surface area contributed by atoms with E-state index in [-0.39, 0.29) is 6.04 Å². The Morgan fingerprint density at radius 3 is 2.75 bits per heavy atom. The summed E-state index contributed by atoms with van der Waals surface area (Å²) in [4.78, 5) is 11.6. The molecule has 0 aromatic carbocycles. The minimum atomic E-state index is 0.240. The third-order valence-corrected chi connectivity index (χ3v) is 5.49. The highest BCUT2D eigenvalue weighted by Crippen LogP contribution is 2.32. The van der Waals surface area contributed by atoms with Gasteiger partial charge in [0.1, 0.15) is 19.0 Å². The van der Waals surface area contributed by atoms with Crippen LogP contribution in [0.4, 0.5) is 0 Å². The van der Waals surface area contributed by atoms with Gasteiger partial charge in [0.25, 0.3) is 5.88 Å². The number of hydrogen-bond donors (Lipinski definition) is 0. The van der Waals surface area contributed by atoms with Crippen molar-refractivity contribution >= 4 is 0 Å². The van der Waals surface area contributed by atoms with E-state index >= 15 is 0 Å². The molecule has 0 amide bonds. The van der Waals surface area contributed by atoms with Gasteiger partial charge >= 0.3 is 0 Å². The summed E-state index contributed by atoms with van der Waals surface area (Å²) in [5.74, 6) is 2.80. The lowest BCUT2D eigenvalue weighted by Crippen LogP contribution is -2.39. The van der Waals surface area contributed by atoms with Gasteiger partial charge in [0, 0.05) is 42.0 Å². The van der Waals surface area contributed by atoms with Gasteiger partial charge in [-0.3, -0.25) is 9.88 Å². The highest BCUT2D eigenvalue weighted by Gasteiger charge is 2.26. The molecule has 0 aliphatic carbocycles. The van der Waals surface area contributed by atoms with Crippen LogP contribution in [0.2, 0.25) is 0 Å². The second-order valence-corrected chi connectivity index (χ2v) is 7.81. The fourth-order valence-electron chi connectivity index (χ4n) is 4.04. The van der Waals surface area contributed by atoms with E-state index in [9.17, 15) is 0 Å². The minimum absolute atomic E-state index is 0.240. The SMILES string of the molecule is Cc1cc(OC[C@H]2CCCN([C@H](C)c3ccc4c(n3)OCCO4)C2)cc(C)n1. The Morgan fingerprint density at radius 1 is 1.14 bits per heavy atom. The quantitative estimate of drug-likeness (QED) is 0.784. The van der Waals surface area contributed by atoms with Crippen LogP contribution in [0.1, 0.15) is 42.9 Å². The Hall–Kier alpha value is -2.34. The molecule has 0 radical (unpaired) electrons. The molecule has 1 fully saturated rings. The molecule has 4 heterocycles. The maximum Gasteiger partial charge on any atom is 0.257 e. The zero-order valence-electron chi connectivity index (χ0n) is 17.0. The monoisotopic (exact) mass is 383 g/mol. The first kappa shape index (κ1) is 19.0. The number of hydrogen-bond acceptors (Lipinski definition) is 6. The lowest BCUT2D eigenvalue weighted by atomic mass is 9.97. The van der Waals surface area contributed by atoms with E-state index in [0.717, 1.165) is 48.3 Å². The van der Waals surface area contributed by atoms with E-state index in [0.29, 0.717) is 25.0 Å². The highest BCUT2D eigenvalue weighted by molar-refractivity contribution is 5.36. The van der Waals surface area contributed by atoms with Crippen molar-refractivity contribution in [2.45, 2.75) is 39.7 Å². The van der Waals surface area contributed by atoms with Crippen LogP contribution in [-0.4, -0.2) is 47.8 Å². The molecule has 6 heteroatoms. The topological polar surface area (TPSA) is 56.7 Å². The second kappa shape index (κ2) is 8.35. The van der Waals surface area contributed by atoms with Gasteiger partial charge in [-0.1, -0.05) is 0 Å². The molecule has 0 saturated carbocycles. The van der Waals surface area contributed by atoms with Gasteiger partial charge in [-0.05, 0) is 52.3 Å². The first-order valence-electron chi connectivity index (χ1n) is 10.2. The van der Waals surface area contributed by atoms with Crippen molar-refractivity contribution in [3.63, 3.8) is 0 Å². The molecule has 2 aromatic heterocycles. The summed E-state index contributed by atoms with van der Waals surface area (Å²) in [6.45, 7) is 10.2. The molecule has 2 aliphatic rings. The highest BCUT2D eigenvalue weighted by atomic mass is 16.6. The van der Waals surface area contributed by atoms with Gasteiger partial charge < -0.3 is 14.2 Å². The molecule has 2 aromatic rings. The number of nitrogens with zero attached hydrogens (tertiary/aromatic N) is 3. The Balaban J connectivity index is 1.37. The van der Waals surface area contributed by atoms with Crippen molar-refractivity contribution in [2.75, 3.05) is 32.9 Å². The summed E-state index contributed by atoms with van der Waals surface area (Å²) in [7, 11) is 0. The van der Waals surface area contributed by atoms with Crippen molar-refractivity contribution in [2.24, 2.45) is 5.92 Å². The smallest absolute Gasteiger partial charge is 0.257 e. The number of aromatic nitrogens is 2. The maximum atomic E-state index is 6.10. The van der Waals surface area contributed by atoms with E-state index in [1.54, 1.807) is 0 Å². The van der Waals surface area contributed by atoms with Crippen LogP contribution >= 0.6 is 0 Å². The lowest BCUT2D eigenvalue weighted by Gasteiger charge is -2.36. The van der Waals surface area contributed by atoms with Gasteiger partial charge in [-0.2, -0.15) is 0 Å². The first-order chi connectivity index (χ1) is 13.6. The number of piperidine rings is 1. The van der Waals surface area contributed by atoms with Crippen molar-refractivity contribution in [1.82, 2.24) is 14.9 Å². The van der Waals surface area contributed by atoms with Gasteiger partial charge in [0.05, 0.1) is 12.3 Å². The van der Waals surface area contributed by atoms with Gasteiger partial charge in [0.15, 0.2) is 5.75 Å². The predicted octanol–water partition coefficient (Wildman–Crippen LogP) is 3.72. The van der Waals surface area contributed by atoms with Crippen LogP contribution in [0, 0.1) is 19.8 Å². The van der Waals surface area contributed by atoms with Crippen molar-refractivity contribution in [3.8, 4) is 17.4 Å². The van der Waals surface area contributed by atoms with Gasteiger partial charge in [-0.25, -0.2) is 4.98 Å². The van der Waals surface area contributed by atoms with Crippen molar-refractivity contribution in [1.29, 1.82) is 0 Å². The summed E-state index contributed by atoms with van der Waals surface area (Å²) >= 11 is 0. The fourth-order valence-corrected chi connectivity index (χ4v) is 4.04. The zero-order valence-corrected chi connectivity index (χ0v) is 17.0. The van der Waals surface area contributed by atoms with Gasteiger partial charge in [-0.15, -0.1) is 0 Å². The standard InChI is InChI=1S/C22H29N3O3/c1-15-11-19(12-16(2)23-15)28-14-18-5-4-8-25(13-18)17(3)20-6-7-21-22(24-20)27-10-9-26-21/h6-7,11-12,17-18H,4-5,8-10,13-14H2,1-3H3/t17-,18+/m1/s1. The third-order valence-electron chi connectivity index (χ3n) is 5.49. The van der Waals surface area contributed by atoms with Crippen LogP contribution in [-0.2, 0) is 0 Å². The lowest BCUT2D eigenvalue weighted by molar-refractivity contribution is 0.0981. The molecule has 28 heavy (non-hydrogen) atoms. The Morgan fingerprint density at radius 2 is 1.93 bits per heavy atom. The minimum Gasteiger partial charge on any atom is -0.493 e. The van der Waals surface area contributed by atoms with Gasteiger partial charge in [0.2, 0.25) is 0 Å². The van der Waals surface area contributed by atoms with E-state index in [1.807, 2.05) is 32.0 Å². The molecule has 0 spiro atoms. The second-order valence-electron chi connectivity index (χ2n) is 7.81. The molecule has 6 nitrogen and oxygen atoms in total. The molecular weight excluding hydrogens is 354 g/mol. The number of rotatable bonds is 5. The number of ether oxygens (including phenoxy) is 3. The Bertz CT molecular complexity index is 806. The third kappa shape index (κ3) is 4.38. The molecule has 2 atom stereocenters. The Kier molecular flexibility index (Phi) is 5.67. The van der Waals surface area contributed by atoms with Crippen LogP contribution < -0.4 is 14.2 Å². The number of aryl methyl sites for hydroxylation is 2. The van der Waals surface area contributed by atoms with E-state index in [4.69, 9.17) is 19.2 Å². The van der Waals surface area contributed by atoms with Crippen LogP contribution in [0.5, 0.6) is 17.4 Å². The summed E-state index contributed by atoms with van der Waals surface area (Å²) < 4.78 is 17.3. The zero-order chi connectivity index (χ0) is 19.5. The largest absolute Gasteiger partial charge is 0.493 e. The van der Waals surface area contributed by atoms with Crippen molar-refractivity contribution in [3.05, 3.63) is 41.3 Å². The Labute approximate surface area is 166 Å². The normalized spacial score (nSPS) is 20.6. The average Bonchev–Trinajstić information content (AvgIpc) is 2.71. The summed E-state index contributed by atoms with van der Waals surface area (Å²) in [5.41, 5.74) is 3.03. The average molecular weight is 383 g/mol. The fraction of sp³-hybridized carbons (Fsp3) is 0.545. The van der Waals surface area contributed by atoms with E-state index < -0.39 is 0 Å². The van der Waals surface area contributed by atoms with Crippen LogP contribution in [0.3, 0.4) is 0 Å². The molecule has 0 N–H and O–H groups in total. The molecule has 0 unspecified atom stereocenters. The number of fused-ring (bicyclic) bond motifs is 1. The van der Waals surface area contributed by atoms with E-state index in [1.165, 1.54) is 12.8 Å². The maximum absolute atomic E-state index is 6.10. The molecule has 2 aliphatic heterocycles. The van der Waals surface area contributed by atoms with Crippen molar-refractivity contribution < 1.29 is 14.2 Å². The summed E-state index contributed by atoms with van der Waals surface area (Å²) in [5, 5.41) is 0. The number of likely N-dealkylation sites (tertiary alicyclic amines) is 1. The van der Waals surface area contributed by atoms with E-state index in [2.05, 4.69) is 22.9 Å². The first-order valence-corrected chi connectivity index (χ1v) is 10.2. The molecule has 4 rings (SSSR count). The predicted molar refractivity (Wildman–Crippen MR) is 107 cm³/mol.